The standard InChI is InChI=1S/C39H36N8O6/c1-27-35(38(48)52-18-4-6-29-10-14-31(15-11-29)21-45-25-40-23-42-45)37(33-8-3-9-34(20-33)47(50)51)36(28(2)44-27)39(49)53-19-5-7-30-12-16-32(17-13-30)22-46-26-41-24-43-46/h3-17,20,23-26,37,44H,18-19,21-22H2,1-2H3/b6-4+,7-5+. The number of hydrogen-bond donors (Lipinski definition) is 1. The molecule has 0 spiro atoms. The minimum Gasteiger partial charge on any atom is -0.458 e. The van der Waals surface area contributed by atoms with E-state index in [9.17, 15) is 19.7 Å². The van der Waals surface area contributed by atoms with Crippen molar-refractivity contribution in [1.29, 1.82) is 0 Å². The van der Waals surface area contributed by atoms with Crippen LogP contribution < -0.4 is 5.32 Å². The molecule has 1 aliphatic rings. The van der Waals surface area contributed by atoms with Crippen LogP contribution in [0.25, 0.3) is 12.2 Å². The van der Waals surface area contributed by atoms with Gasteiger partial charge in [0.2, 0.25) is 0 Å². The molecule has 1 aliphatic heterocycles. The lowest BCUT2D eigenvalue weighted by atomic mass is 9.80. The Morgan fingerprint density at radius 1 is 0.774 bits per heavy atom. The van der Waals surface area contributed by atoms with Gasteiger partial charge in [-0.25, -0.2) is 28.9 Å². The third-order valence-corrected chi connectivity index (χ3v) is 8.44. The lowest BCUT2D eigenvalue weighted by Crippen LogP contribution is -2.32. The summed E-state index contributed by atoms with van der Waals surface area (Å²) in [4.78, 5) is 46.6. The van der Waals surface area contributed by atoms with Crippen molar-refractivity contribution < 1.29 is 24.0 Å². The lowest BCUT2D eigenvalue weighted by molar-refractivity contribution is -0.384. The van der Waals surface area contributed by atoms with Crippen LogP contribution in [-0.2, 0) is 32.2 Å². The highest BCUT2D eigenvalue weighted by Gasteiger charge is 2.38. The summed E-state index contributed by atoms with van der Waals surface area (Å²) in [5, 5.41) is 23.1. The van der Waals surface area contributed by atoms with Crippen LogP contribution in [0.1, 0.15) is 47.6 Å². The minimum absolute atomic E-state index is 0.0489. The fourth-order valence-electron chi connectivity index (χ4n) is 5.93. The largest absolute Gasteiger partial charge is 0.458 e. The number of carbonyl (C=O) groups excluding carboxylic acids is 2. The van der Waals surface area contributed by atoms with Gasteiger partial charge in [-0.15, -0.1) is 0 Å². The molecule has 53 heavy (non-hydrogen) atoms. The molecule has 14 heteroatoms. The van der Waals surface area contributed by atoms with Crippen LogP contribution in [0.15, 0.2) is 133 Å². The Morgan fingerprint density at radius 3 is 1.70 bits per heavy atom. The summed E-state index contributed by atoms with van der Waals surface area (Å²) in [5.41, 5.74) is 5.33. The number of dihydropyridines is 1. The van der Waals surface area contributed by atoms with Crippen molar-refractivity contribution >= 4 is 29.8 Å². The van der Waals surface area contributed by atoms with Gasteiger partial charge in [0.05, 0.1) is 35.1 Å². The Bertz CT molecular complexity index is 2060. The van der Waals surface area contributed by atoms with Crippen molar-refractivity contribution in [2.45, 2.75) is 32.9 Å². The first-order chi connectivity index (χ1) is 25.7. The molecule has 0 fully saturated rings. The number of ether oxygens (including phenoxy) is 2. The number of non-ortho nitro benzene ring substituents is 1. The monoisotopic (exact) mass is 712 g/mol. The fraction of sp³-hybridized carbons (Fsp3) is 0.179. The zero-order valence-electron chi connectivity index (χ0n) is 29.0. The lowest BCUT2D eigenvalue weighted by Gasteiger charge is -2.30. The van der Waals surface area contributed by atoms with Crippen LogP contribution in [0.2, 0.25) is 0 Å². The Labute approximate surface area is 305 Å². The SMILES string of the molecule is CC1=C(C(=O)OC/C=C/c2ccc(Cn3cncn3)cc2)C(c2cccc([N+](=O)[O-])c2)C(C(=O)OC/C=C/c2ccc(Cn3cncn3)cc2)=C(C)N1. The number of hydrogen-bond acceptors (Lipinski definition) is 11. The van der Waals surface area contributed by atoms with E-state index < -0.39 is 22.8 Å². The third kappa shape index (κ3) is 9.24. The molecule has 0 unspecified atom stereocenters. The molecular formula is C39H36N8O6. The molecule has 268 valence electrons. The van der Waals surface area contributed by atoms with E-state index in [1.54, 1.807) is 54.1 Å². The van der Waals surface area contributed by atoms with Gasteiger partial charge in [-0.1, -0.05) is 72.8 Å². The molecule has 2 aromatic heterocycles. The van der Waals surface area contributed by atoms with Crippen molar-refractivity contribution in [1.82, 2.24) is 34.8 Å². The number of rotatable bonds is 14. The molecule has 0 saturated heterocycles. The first-order valence-electron chi connectivity index (χ1n) is 16.7. The predicted molar refractivity (Wildman–Crippen MR) is 195 cm³/mol. The highest BCUT2D eigenvalue weighted by Crippen LogP contribution is 2.40. The first-order valence-corrected chi connectivity index (χ1v) is 16.7. The van der Waals surface area contributed by atoms with Crippen molar-refractivity contribution in [3.63, 3.8) is 0 Å². The van der Waals surface area contributed by atoms with Crippen molar-refractivity contribution in [3.05, 3.63) is 171 Å². The number of nitrogens with one attached hydrogen (secondary N) is 1. The molecule has 1 N–H and O–H groups in total. The summed E-state index contributed by atoms with van der Waals surface area (Å²) in [6.45, 7) is 4.49. The van der Waals surface area contributed by atoms with Gasteiger partial charge in [0.1, 0.15) is 38.5 Å². The molecule has 14 nitrogen and oxygen atoms in total. The maximum Gasteiger partial charge on any atom is 0.337 e. The Balaban J connectivity index is 1.14. The second kappa shape index (κ2) is 16.8. The average Bonchev–Trinajstić information content (AvgIpc) is 3.88. The van der Waals surface area contributed by atoms with E-state index >= 15 is 0 Å². The molecule has 5 aromatic rings. The summed E-state index contributed by atoms with van der Waals surface area (Å²) < 4.78 is 14.8. The molecule has 6 rings (SSSR count). The van der Waals surface area contributed by atoms with Crippen molar-refractivity contribution in [2.75, 3.05) is 13.2 Å². The topological polar surface area (TPSA) is 169 Å². The van der Waals surface area contributed by atoms with E-state index in [0.29, 0.717) is 30.0 Å². The van der Waals surface area contributed by atoms with E-state index in [1.807, 2.05) is 60.7 Å². The Morgan fingerprint density at radius 2 is 1.26 bits per heavy atom. The average molecular weight is 713 g/mol. The maximum absolute atomic E-state index is 13.7. The van der Waals surface area contributed by atoms with Crippen LogP contribution in [0.4, 0.5) is 5.69 Å². The molecule has 0 aliphatic carbocycles. The van der Waals surface area contributed by atoms with Crippen LogP contribution in [0, 0.1) is 10.1 Å². The van der Waals surface area contributed by atoms with E-state index in [2.05, 4.69) is 25.5 Å². The Hall–Kier alpha value is -6.96. The summed E-state index contributed by atoms with van der Waals surface area (Å²) >= 11 is 0. The predicted octanol–water partition coefficient (Wildman–Crippen LogP) is 5.62. The van der Waals surface area contributed by atoms with Crippen LogP contribution in [-0.4, -0.2) is 59.6 Å². The van der Waals surface area contributed by atoms with E-state index in [0.717, 1.165) is 22.3 Å². The molecule has 0 bridgehead atoms. The van der Waals surface area contributed by atoms with Crippen molar-refractivity contribution in [2.24, 2.45) is 0 Å². The number of esters is 2. The first kappa shape index (κ1) is 35.9. The summed E-state index contributed by atoms with van der Waals surface area (Å²) in [6, 6.07) is 21.6. The van der Waals surface area contributed by atoms with E-state index in [-0.39, 0.29) is 30.0 Å². The zero-order valence-corrected chi connectivity index (χ0v) is 29.0. The highest BCUT2D eigenvalue weighted by molar-refractivity contribution is 6.00. The molecule has 0 saturated carbocycles. The van der Waals surface area contributed by atoms with Crippen LogP contribution in [0.3, 0.4) is 0 Å². The van der Waals surface area contributed by atoms with Crippen LogP contribution in [0.5, 0.6) is 0 Å². The third-order valence-electron chi connectivity index (χ3n) is 8.44. The molecule has 0 amide bonds. The molecule has 3 heterocycles. The number of carbonyl (C=O) groups is 2. The zero-order chi connectivity index (χ0) is 37.2. The molecule has 3 aromatic carbocycles. The second-order valence-corrected chi connectivity index (χ2v) is 12.2. The minimum atomic E-state index is -0.987. The fourth-order valence-corrected chi connectivity index (χ4v) is 5.93. The van der Waals surface area contributed by atoms with Gasteiger partial charge in [-0.2, -0.15) is 10.2 Å². The van der Waals surface area contributed by atoms with Gasteiger partial charge in [0.15, 0.2) is 0 Å². The smallest absolute Gasteiger partial charge is 0.337 e. The maximum atomic E-state index is 13.7. The van der Waals surface area contributed by atoms with Gasteiger partial charge in [0.25, 0.3) is 5.69 Å². The van der Waals surface area contributed by atoms with Crippen molar-refractivity contribution in [3.8, 4) is 0 Å². The normalized spacial score (nSPS) is 13.5. The number of nitrogens with zero attached hydrogens (tertiary/aromatic N) is 7. The number of nitro benzene ring substituents is 1. The number of nitro groups is 1. The summed E-state index contributed by atoms with van der Waals surface area (Å²) in [5.74, 6) is -2.34. The van der Waals surface area contributed by atoms with Gasteiger partial charge >= 0.3 is 11.9 Å². The quantitative estimate of drug-likeness (QED) is 0.0861. The summed E-state index contributed by atoms with van der Waals surface area (Å²) in [7, 11) is 0. The summed E-state index contributed by atoms with van der Waals surface area (Å²) in [6.07, 6.45) is 13.4. The van der Waals surface area contributed by atoms with Gasteiger partial charge in [-0.3, -0.25) is 10.1 Å². The van der Waals surface area contributed by atoms with Gasteiger partial charge in [0, 0.05) is 23.5 Å². The van der Waals surface area contributed by atoms with Crippen LogP contribution >= 0.6 is 0 Å². The number of benzene rings is 3. The number of allylic oxidation sites excluding steroid dienone is 2. The molecule has 0 atom stereocenters. The Kier molecular flexibility index (Phi) is 11.4. The molecular weight excluding hydrogens is 676 g/mol. The molecule has 0 radical (unpaired) electrons. The number of aromatic nitrogens is 6. The van der Waals surface area contributed by atoms with E-state index in [4.69, 9.17) is 9.47 Å². The van der Waals surface area contributed by atoms with Gasteiger partial charge in [-0.05, 0) is 53.8 Å². The second-order valence-electron chi connectivity index (χ2n) is 12.2. The van der Waals surface area contributed by atoms with Gasteiger partial charge < -0.3 is 14.8 Å². The van der Waals surface area contributed by atoms with E-state index in [1.165, 1.54) is 30.9 Å². The highest BCUT2D eigenvalue weighted by atomic mass is 16.6.